The first-order valence-corrected chi connectivity index (χ1v) is 6.79. The van der Waals surface area contributed by atoms with Gasteiger partial charge in [-0.25, -0.2) is 14.4 Å². The second kappa shape index (κ2) is 6.42. The number of allylic oxidation sites excluding steroid dienone is 1. The molecule has 0 bridgehead atoms. The van der Waals surface area contributed by atoms with Gasteiger partial charge in [0.05, 0.1) is 0 Å². The van der Waals surface area contributed by atoms with E-state index in [1.165, 1.54) is 6.08 Å². The highest BCUT2D eigenvalue weighted by atomic mass is 16.4. The van der Waals surface area contributed by atoms with Crippen LogP contribution in [0.25, 0.3) is 0 Å². The zero-order valence-electron chi connectivity index (χ0n) is 11.7. The first kappa shape index (κ1) is 15.7. The van der Waals surface area contributed by atoms with Crippen LogP contribution in [0.15, 0.2) is 28.9 Å². The number of dihydropyridines is 1. The van der Waals surface area contributed by atoms with Crippen molar-refractivity contribution in [2.24, 2.45) is 4.99 Å². The van der Waals surface area contributed by atoms with E-state index in [9.17, 15) is 14.4 Å². The van der Waals surface area contributed by atoms with Gasteiger partial charge in [0.2, 0.25) is 0 Å². The van der Waals surface area contributed by atoms with Crippen molar-refractivity contribution in [3.05, 3.63) is 23.9 Å². The Bertz CT molecular complexity index is 592. The summed E-state index contributed by atoms with van der Waals surface area (Å²) >= 11 is 0. The monoisotopic (exact) mass is 308 g/mol. The topological polar surface area (TPSA) is 127 Å². The van der Waals surface area contributed by atoms with Crippen LogP contribution in [0, 0.1) is 0 Å². The number of likely N-dealkylation sites (tertiary alicyclic amines) is 1. The molecule has 2 atom stereocenters. The molecular formula is C14H16N2O6. The molecule has 0 aliphatic carbocycles. The zero-order chi connectivity index (χ0) is 16.3. The predicted molar refractivity (Wildman–Crippen MR) is 75.7 cm³/mol. The summed E-state index contributed by atoms with van der Waals surface area (Å²) in [6, 6.07) is -1.73. The van der Waals surface area contributed by atoms with Gasteiger partial charge in [0.25, 0.3) is 0 Å². The van der Waals surface area contributed by atoms with Crippen LogP contribution >= 0.6 is 0 Å². The summed E-state index contributed by atoms with van der Waals surface area (Å²) in [6.45, 7) is 0.600. The maximum absolute atomic E-state index is 11.1. The smallest absolute Gasteiger partial charge is 0.354 e. The highest BCUT2D eigenvalue weighted by molar-refractivity contribution is 6.41. The second-order valence-corrected chi connectivity index (χ2v) is 5.15. The summed E-state index contributed by atoms with van der Waals surface area (Å²) in [5.41, 5.74) is 0.186. The number of hydrogen-bond donors (Lipinski definition) is 3. The normalized spacial score (nSPS) is 25.0. The molecule has 1 saturated heterocycles. The van der Waals surface area contributed by atoms with Gasteiger partial charge >= 0.3 is 17.9 Å². The van der Waals surface area contributed by atoms with Crippen LogP contribution < -0.4 is 0 Å². The van der Waals surface area contributed by atoms with Crippen molar-refractivity contribution in [3.8, 4) is 0 Å². The summed E-state index contributed by atoms with van der Waals surface area (Å²) in [7, 11) is 0. The number of carboxylic acids is 3. The molecule has 22 heavy (non-hydrogen) atoms. The Kier molecular flexibility index (Phi) is 4.59. The van der Waals surface area contributed by atoms with Crippen LogP contribution in [0.4, 0.5) is 0 Å². The highest BCUT2D eigenvalue weighted by Crippen LogP contribution is 2.21. The summed E-state index contributed by atoms with van der Waals surface area (Å²) in [4.78, 5) is 38.4. The Hall–Kier alpha value is -2.64. The fourth-order valence-corrected chi connectivity index (χ4v) is 2.51. The summed E-state index contributed by atoms with van der Waals surface area (Å²) in [6.07, 6.45) is 5.85. The molecule has 0 aromatic heterocycles. The van der Waals surface area contributed by atoms with E-state index >= 15 is 0 Å². The summed E-state index contributed by atoms with van der Waals surface area (Å²) in [5.74, 6) is -3.39. The highest BCUT2D eigenvalue weighted by Gasteiger charge is 2.28. The molecule has 2 heterocycles. The van der Waals surface area contributed by atoms with E-state index < -0.39 is 30.0 Å². The van der Waals surface area contributed by atoms with Crippen molar-refractivity contribution in [1.29, 1.82) is 0 Å². The molecule has 0 spiro atoms. The summed E-state index contributed by atoms with van der Waals surface area (Å²) in [5, 5.41) is 27.1. The molecule has 0 amide bonds. The van der Waals surface area contributed by atoms with Crippen LogP contribution in [-0.2, 0) is 14.4 Å². The number of carbonyl (C=O) groups is 3. The number of rotatable bonds is 5. The first-order chi connectivity index (χ1) is 10.4. The van der Waals surface area contributed by atoms with E-state index in [2.05, 4.69) is 4.99 Å². The average molecular weight is 308 g/mol. The molecule has 3 N–H and O–H groups in total. The molecule has 1 fully saturated rings. The lowest BCUT2D eigenvalue weighted by atomic mass is 10.0. The Labute approximate surface area is 126 Å². The average Bonchev–Trinajstić information content (AvgIpc) is 2.93. The van der Waals surface area contributed by atoms with Crippen molar-refractivity contribution in [2.75, 3.05) is 6.54 Å². The SMILES string of the molecule is O=C(O)C1=N[C@H](C(=O)O)CC(/C=C/N2CCC[C@H]2C(=O)O)=C1. The minimum Gasteiger partial charge on any atom is -0.480 e. The quantitative estimate of drug-likeness (QED) is 0.669. The van der Waals surface area contributed by atoms with E-state index in [4.69, 9.17) is 15.3 Å². The third-order valence-electron chi connectivity index (χ3n) is 3.61. The number of aliphatic imine (C=N–C) groups is 1. The number of carboxylic acid groups (broad SMARTS) is 3. The third-order valence-corrected chi connectivity index (χ3v) is 3.61. The van der Waals surface area contributed by atoms with Gasteiger partial charge in [0.15, 0.2) is 6.04 Å². The van der Waals surface area contributed by atoms with Gasteiger partial charge in [0, 0.05) is 19.2 Å². The van der Waals surface area contributed by atoms with E-state index in [0.29, 0.717) is 18.5 Å². The van der Waals surface area contributed by atoms with Crippen molar-refractivity contribution in [2.45, 2.75) is 31.3 Å². The minimum atomic E-state index is -1.29. The van der Waals surface area contributed by atoms with Crippen molar-refractivity contribution < 1.29 is 29.7 Å². The van der Waals surface area contributed by atoms with Gasteiger partial charge in [-0.1, -0.05) is 0 Å². The van der Waals surface area contributed by atoms with E-state index in [-0.39, 0.29) is 12.1 Å². The van der Waals surface area contributed by atoms with Crippen molar-refractivity contribution >= 4 is 23.6 Å². The predicted octanol–water partition coefficient (Wildman–Crippen LogP) is 0.358. The van der Waals surface area contributed by atoms with Crippen LogP contribution in [0.5, 0.6) is 0 Å². The first-order valence-electron chi connectivity index (χ1n) is 6.79. The fourth-order valence-electron chi connectivity index (χ4n) is 2.51. The largest absolute Gasteiger partial charge is 0.480 e. The molecule has 0 saturated carbocycles. The molecule has 0 radical (unpaired) electrons. The lowest BCUT2D eigenvalue weighted by molar-refractivity contribution is -0.141. The standard InChI is InChI=1S/C14H16N2O6/c17-12(18)9-6-8(7-10(15-9)13(19)20)3-5-16-4-1-2-11(16)14(21)22/h3,5-6,10-11H,1-2,4,7H2,(H,17,18)(H,19,20)(H,21,22)/b5-3+/t10-,11-/m0/s1. The zero-order valence-corrected chi connectivity index (χ0v) is 11.7. The van der Waals surface area contributed by atoms with E-state index in [0.717, 1.165) is 6.42 Å². The van der Waals surface area contributed by atoms with Crippen molar-refractivity contribution in [3.63, 3.8) is 0 Å². The second-order valence-electron chi connectivity index (χ2n) is 5.15. The lowest BCUT2D eigenvalue weighted by Crippen LogP contribution is -2.32. The Balaban J connectivity index is 2.16. The molecule has 0 aromatic carbocycles. The van der Waals surface area contributed by atoms with Gasteiger partial charge in [-0.05, 0) is 30.6 Å². The van der Waals surface area contributed by atoms with Gasteiger partial charge in [-0.15, -0.1) is 0 Å². The van der Waals surface area contributed by atoms with Crippen LogP contribution in [0.1, 0.15) is 19.3 Å². The minimum absolute atomic E-state index is 0.0776. The molecule has 2 aliphatic heterocycles. The van der Waals surface area contributed by atoms with E-state index in [1.54, 1.807) is 17.2 Å². The number of nitrogens with zero attached hydrogens (tertiary/aromatic N) is 2. The van der Waals surface area contributed by atoms with Gasteiger partial charge in [-0.2, -0.15) is 0 Å². The van der Waals surface area contributed by atoms with Crippen LogP contribution in [0.3, 0.4) is 0 Å². The Morgan fingerprint density at radius 2 is 1.95 bits per heavy atom. The number of hydrogen-bond acceptors (Lipinski definition) is 5. The van der Waals surface area contributed by atoms with Crippen LogP contribution in [0.2, 0.25) is 0 Å². The molecular weight excluding hydrogens is 292 g/mol. The Morgan fingerprint density at radius 1 is 1.23 bits per heavy atom. The van der Waals surface area contributed by atoms with Crippen molar-refractivity contribution in [1.82, 2.24) is 4.90 Å². The van der Waals surface area contributed by atoms with Crippen LogP contribution in [-0.4, -0.2) is 62.5 Å². The van der Waals surface area contributed by atoms with Gasteiger partial charge < -0.3 is 20.2 Å². The molecule has 2 rings (SSSR count). The van der Waals surface area contributed by atoms with Gasteiger partial charge in [0.1, 0.15) is 11.8 Å². The molecule has 2 aliphatic rings. The molecule has 118 valence electrons. The Morgan fingerprint density at radius 3 is 2.55 bits per heavy atom. The molecule has 8 nitrogen and oxygen atoms in total. The maximum atomic E-state index is 11.1. The maximum Gasteiger partial charge on any atom is 0.354 e. The summed E-state index contributed by atoms with van der Waals surface area (Å²) < 4.78 is 0. The lowest BCUT2D eigenvalue weighted by Gasteiger charge is -2.20. The molecule has 8 heteroatoms. The molecule has 0 aromatic rings. The third kappa shape index (κ3) is 3.51. The number of aliphatic carboxylic acids is 3. The van der Waals surface area contributed by atoms with Gasteiger partial charge in [-0.3, -0.25) is 4.99 Å². The molecule has 0 unspecified atom stereocenters. The van der Waals surface area contributed by atoms with E-state index in [1.807, 2.05) is 0 Å². The fraction of sp³-hybridized carbons (Fsp3) is 0.429.